The van der Waals surface area contributed by atoms with Crippen molar-refractivity contribution in [3.05, 3.63) is 135 Å². The number of hydrogen-bond acceptors (Lipinski definition) is 6. The maximum atomic E-state index is 14.5. The van der Waals surface area contributed by atoms with Gasteiger partial charge in [-0.3, -0.25) is 9.59 Å². The van der Waals surface area contributed by atoms with E-state index in [0.717, 1.165) is 107 Å². The van der Waals surface area contributed by atoms with Gasteiger partial charge in [-0.05, 0) is 133 Å². The minimum Gasteiger partial charge on any atom is -0.508 e. The number of aromatic amines is 2. The van der Waals surface area contributed by atoms with E-state index in [9.17, 15) is 19.8 Å². The first kappa shape index (κ1) is 36.5. The summed E-state index contributed by atoms with van der Waals surface area (Å²) in [5.74, 6) is 1.20. The lowest BCUT2D eigenvalue weighted by molar-refractivity contribution is -0.129. The van der Waals surface area contributed by atoms with Gasteiger partial charge in [-0.15, -0.1) is 0 Å². The zero-order chi connectivity index (χ0) is 37.7. The number of nitrogens with one attached hydrogen (secondary N) is 3. The van der Waals surface area contributed by atoms with Crippen LogP contribution in [0.15, 0.2) is 90.8 Å². The van der Waals surface area contributed by atoms with Crippen LogP contribution in [0, 0.1) is 5.92 Å². The molecule has 3 aromatic carbocycles. The molecule has 3 aliphatic rings. The number of aryl methyl sites for hydroxylation is 2. The molecule has 0 amide bonds. The van der Waals surface area contributed by atoms with Crippen LogP contribution in [0.5, 0.6) is 17.2 Å². The number of carbonyl (C=O) groups excluding carboxylic acids is 2. The molecule has 2 atom stereocenters. The fourth-order valence-electron chi connectivity index (χ4n) is 9.03. The Morgan fingerprint density at radius 1 is 0.764 bits per heavy atom. The Morgan fingerprint density at radius 2 is 1.56 bits per heavy atom. The molecular weight excluding hydrogens is 687 g/mol. The minimum atomic E-state index is -0.440. The SMILES string of the molecule is O=C1CCc2cc(c(O)c(OC3CCCC3)c2)Cc2cccc(c2)Cc2cc[nH]c2NCC2=Cc3[nH]ccc3C(CCCCc3cccc(O)c3)C2C(=O)C1. The van der Waals surface area contributed by atoms with E-state index in [2.05, 4.69) is 57.8 Å². The highest BCUT2D eigenvalue weighted by Crippen LogP contribution is 2.43. The molecule has 2 unspecified atom stereocenters. The molecule has 0 saturated heterocycles. The highest BCUT2D eigenvalue weighted by Gasteiger charge is 2.37. The first-order chi connectivity index (χ1) is 26.9. The van der Waals surface area contributed by atoms with Crippen molar-refractivity contribution in [2.75, 3.05) is 11.9 Å². The summed E-state index contributed by atoms with van der Waals surface area (Å²) in [5, 5.41) is 25.1. The molecule has 0 spiro atoms. The third kappa shape index (κ3) is 8.59. The van der Waals surface area contributed by atoms with Crippen LogP contribution in [0.3, 0.4) is 0 Å². The highest BCUT2D eigenvalue weighted by molar-refractivity contribution is 6.02. The quantitative estimate of drug-likeness (QED) is 0.0837. The second kappa shape index (κ2) is 16.5. The second-order valence-electron chi connectivity index (χ2n) is 15.8. The number of phenols is 2. The smallest absolute Gasteiger partial charge is 0.161 e. The molecule has 1 fully saturated rings. The molecule has 0 radical (unpaired) electrons. The number of ether oxygens (including phenoxy) is 1. The van der Waals surface area contributed by atoms with Crippen molar-refractivity contribution in [3.8, 4) is 17.2 Å². The van der Waals surface area contributed by atoms with Crippen LogP contribution in [0.2, 0.25) is 0 Å². The first-order valence-corrected chi connectivity index (χ1v) is 20.1. The van der Waals surface area contributed by atoms with Gasteiger partial charge in [-0.25, -0.2) is 0 Å². The zero-order valence-electron chi connectivity index (χ0n) is 31.4. The van der Waals surface area contributed by atoms with Crippen molar-refractivity contribution in [2.45, 2.75) is 95.5 Å². The average molecular weight is 738 g/mol. The van der Waals surface area contributed by atoms with Crippen LogP contribution < -0.4 is 10.1 Å². The maximum Gasteiger partial charge on any atom is 0.161 e. The lowest BCUT2D eigenvalue weighted by Crippen LogP contribution is -2.31. The maximum absolute atomic E-state index is 14.5. The summed E-state index contributed by atoms with van der Waals surface area (Å²) in [6, 6.07) is 24.0. The Kier molecular flexibility index (Phi) is 10.9. The van der Waals surface area contributed by atoms with Crippen molar-refractivity contribution >= 4 is 23.5 Å². The highest BCUT2D eigenvalue weighted by atomic mass is 16.5. The number of fused-ring (bicyclic) bond motifs is 7. The number of benzene rings is 3. The van der Waals surface area contributed by atoms with Gasteiger partial charge in [-0.2, -0.15) is 0 Å². The number of phenolic OH excluding ortho intramolecular Hbond substituents is 2. The lowest BCUT2D eigenvalue weighted by Gasteiger charge is -2.32. The summed E-state index contributed by atoms with van der Waals surface area (Å²) in [5.41, 5.74) is 9.28. The molecular formula is C47H51N3O5. The standard InChI is InChI=1S/C47H51N3O5/c51-37-11-6-8-30(25-37)7-1-4-14-41-40-18-20-48-42(40)27-36-29-50-47-34(17-19-49-47)22-31-9-5-10-32(21-31)23-35-24-33(15-16-38(52)28-43(53)45(36)41)26-44(46(35)54)55-39-12-2-3-13-39/h5-6,8-11,17-21,24-27,39,41,45,48-51,54H,1-4,7,12-16,22-23,28-29H2. The van der Waals surface area contributed by atoms with E-state index in [1.165, 1.54) is 0 Å². The molecule has 5 aromatic rings. The van der Waals surface area contributed by atoms with Crippen LogP contribution in [-0.4, -0.2) is 44.4 Å². The number of H-pyrrole nitrogens is 2. The number of aromatic nitrogens is 2. The van der Waals surface area contributed by atoms with Crippen LogP contribution in [-0.2, 0) is 35.3 Å². The third-order valence-electron chi connectivity index (χ3n) is 11.8. The number of carbonyl (C=O) groups is 2. The Morgan fingerprint density at radius 3 is 2.40 bits per heavy atom. The van der Waals surface area contributed by atoms with Gasteiger partial charge in [-0.1, -0.05) is 48.9 Å². The van der Waals surface area contributed by atoms with Gasteiger partial charge in [0.15, 0.2) is 11.5 Å². The molecule has 1 saturated carbocycles. The Bertz CT molecular complexity index is 2190. The van der Waals surface area contributed by atoms with E-state index < -0.39 is 5.92 Å². The molecule has 284 valence electrons. The molecule has 8 heteroatoms. The Balaban J connectivity index is 1.10. The monoisotopic (exact) mass is 737 g/mol. The zero-order valence-corrected chi connectivity index (χ0v) is 31.4. The number of anilines is 1. The molecule has 1 aliphatic heterocycles. The fourth-order valence-corrected chi connectivity index (χ4v) is 9.03. The first-order valence-electron chi connectivity index (χ1n) is 20.1. The number of unbranched alkanes of at least 4 members (excludes halogenated alkanes) is 1. The van der Waals surface area contributed by atoms with E-state index in [4.69, 9.17) is 4.74 Å². The summed E-state index contributed by atoms with van der Waals surface area (Å²) in [6.07, 6.45) is 15.5. The van der Waals surface area contributed by atoms with Gasteiger partial charge >= 0.3 is 0 Å². The number of aromatic hydroxyl groups is 2. The predicted octanol–water partition coefficient (Wildman–Crippen LogP) is 9.35. The van der Waals surface area contributed by atoms with E-state index in [-0.39, 0.29) is 47.9 Å². The average Bonchev–Trinajstić information content (AvgIpc) is 3.96. The molecule has 5 N–H and O–H groups in total. The second-order valence-corrected chi connectivity index (χ2v) is 15.8. The fraction of sp³-hybridized carbons (Fsp3) is 0.362. The van der Waals surface area contributed by atoms with E-state index in [1.807, 2.05) is 42.7 Å². The van der Waals surface area contributed by atoms with Gasteiger partial charge < -0.3 is 30.2 Å². The number of ketones is 2. The largest absolute Gasteiger partial charge is 0.508 e. The molecule has 3 heterocycles. The van der Waals surface area contributed by atoms with Crippen molar-refractivity contribution < 1.29 is 24.5 Å². The number of hydrogen-bond donors (Lipinski definition) is 5. The van der Waals surface area contributed by atoms with Crippen molar-refractivity contribution in [1.29, 1.82) is 0 Å². The summed E-state index contributed by atoms with van der Waals surface area (Å²) >= 11 is 0. The van der Waals surface area contributed by atoms with Crippen LogP contribution in [0.1, 0.15) is 108 Å². The normalized spacial score (nSPS) is 19.2. The number of Topliss-reactive ketones (excluding diaryl/α,β-unsaturated/α-hetero) is 2. The third-order valence-corrected chi connectivity index (χ3v) is 11.8. The van der Waals surface area contributed by atoms with Gasteiger partial charge in [0.05, 0.1) is 12.5 Å². The Hall–Kier alpha value is -5.50. The predicted molar refractivity (Wildman–Crippen MR) is 216 cm³/mol. The molecule has 55 heavy (non-hydrogen) atoms. The van der Waals surface area contributed by atoms with Crippen molar-refractivity contribution in [3.63, 3.8) is 0 Å². The lowest BCUT2D eigenvalue weighted by atomic mass is 9.71. The van der Waals surface area contributed by atoms with Gasteiger partial charge in [0.1, 0.15) is 23.1 Å². The van der Waals surface area contributed by atoms with Crippen molar-refractivity contribution in [2.24, 2.45) is 5.92 Å². The number of rotatable bonds is 7. The van der Waals surface area contributed by atoms with E-state index in [1.54, 1.807) is 6.07 Å². The van der Waals surface area contributed by atoms with Crippen LogP contribution in [0.25, 0.3) is 6.08 Å². The van der Waals surface area contributed by atoms with Gasteiger partial charge in [0, 0.05) is 55.4 Å². The van der Waals surface area contributed by atoms with E-state index in [0.29, 0.717) is 31.6 Å². The molecule has 8 rings (SSSR count). The minimum absolute atomic E-state index is 0.0415. The Labute approximate surface area is 323 Å². The van der Waals surface area contributed by atoms with Gasteiger partial charge in [0.2, 0.25) is 0 Å². The van der Waals surface area contributed by atoms with Crippen molar-refractivity contribution in [1.82, 2.24) is 9.97 Å². The van der Waals surface area contributed by atoms with E-state index >= 15 is 0 Å². The summed E-state index contributed by atoms with van der Waals surface area (Å²) < 4.78 is 6.39. The molecule has 2 aromatic heterocycles. The topological polar surface area (TPSA) is 127 Å². The summed E-state index contributed by atoms with van der Waals surface area (Å²) in [6.45, 7) is 0.464. The molecule has 8 nitrogen and oxygen atoms in total. The molecule has 2 aliphatic carbocycles. The molecule has 4 bridgehead atoms. The summed E-state index contributed by atoms with van der Waals surface area (Å²) in [7, 11) is 0. The van der Waals surface area contributed by atoms with Crippen LogP contribution >= 0.6 is 0 Å². The van der Waals surface area contributed by atoms with Crippen LogP contribution in [0.4, 0.5) is 5.82 Å². The van der Waals surface area contributed by atoms with Gasteiger partial charge in [0.25, 0.3) is 0 Å². The summed E-state index contributed by atoms with van der Waals surface area (Å²) in [4.78, 5) is 35.1.